The minimum absolute atomic E-state index is 0.00958. The molecule has 0 bridgehead atoms. The van der Waals surface area contributed by atoms with E-state index in [-0.39, 0.29) is 30.9 Å². The Morgan fingerprint density at radius 1 is 1.38 bits per heavy atom. The maximum absolute atomic E-state index is 11.8. The first-order valence-corrected chi connectivity index (χ1v) is 8.80. The van der Waals surface area contributed by atoms with Crippen LogP contribution in [0.2, 0.25) is 0 Å². The molecule has 1 unspecified atom stereocenters. The van der Waals surface area contributed by atoms with Crippen LogP contribution in [0.1, 0.15) is 30.9 Å². The van der Waals surface area contributed by atoms with Crippen LogP contribution in [0.15, 0.2) is 24.3 Å². The van der Waals surface area contributed by atoms with E-state index < -0.39 is 21.2 Å². The third-order valence-electron chi connectivity index (χ3n) is 3.83. The maximum atomic E-state index is 11.8. The van der Waals surface area contributed by atoms with E-state index in [1.807, 2.05) is 13.0 Å². The summed E-state index contributed by atoms with van der Waals surface area (Å²) in [7, 11) is -3.10. The fourth-order valence-corrected chi connectivity index (χ4v) is 3.24. The molecule has 0 fully saturated rings. The van der Waals surface area contributed by atoms with Gasteiger partial charge in [0.1, 0.15) is 15.3 Å². The van der Waals surface area contributed by atoms with E-state index in [1.54, 1.807) is 25.1 Å². The topological polar surface area (TPSA) is 97.5 Å². The predicted molar refractivity (Wildman–Crippen MR) is 83.1 cm³/mol. The number of nitrogens with two attached hydrogens (primary N) is 1. The normalized spacial score (nSPS) is 14.6. The van der Waals surface area contributed by atoms with E-state index in [1.165, 1.54) is 0 Å². The van der Waals surface area contributed by atoms with Crippen molar-refractivity contribution in [3.05, 3.63) is 35.4 Å². The van der Waals surface area contributed by atoms with E-state index >= 15 is 0 Å². The summed E-state index contributed by atoms with van der Waals surface area (Å²) in [6, 6.07) is 7.21. The van der Waals surface area contributed by atoms with Crippen LogP contribution in [0.3, 0.4) is 0 Å². The molecule has 21 heavy (non-hydrogen) atoms. The third-order valence-corrected chi connectivity index (χ3v) is 5.62. The van der Waals surface area contributed by atoms with Gasteiger partial charge in [0.05, 0.1) is 5.75 Å². The van der Waals surface area contributed by atoms with Crippen molar-refractivity contribution in [3.63, 3.8) is 0 Å². The van der Waals surface area contributed by atoms with Crippen LogP contribution in [0.4, 0.5) is 0 Å². The minimum Gasteiger partial charge on any atom is -0.481 e. The lowest BCUT2D eigenvalue weighted by Crippen LogP contribution is -2.43. The fourth-order valence-electron chi connectivity index (χ4n) is 2.36. The second-order valence-electron chi connectivity index (χ2n) is 5.30. The van der Waals surface area contributed by atoms with E-state index in [9.17, 15) is 18.3 Å². The molecular formula is C15H23NO4S. The number of carboxylic acids is 1. The highest BCUT2D eigenvalue weighted by atomic mass is 32.2. The molecule has 0 heterocycles. The quantitative estimate of drug-likeness (QED) is 0.758. The molecule has 0 aliphatic rings. The van der Waals surface area contributed by atoms with Crippen molar-refractivity contribution < 1.29 is 18.3 Å². The molecule has 1 atom stereocenters. The number of hydrogen-bond donors (Lipinski definition) is 2. The van der Waals surface area contributed by atoms with Crippen molar-refractivity contribution in [1.82, 2.24) is 0 Å². The molecule has 0 saturated heterocycles. The predicted octanol–water partition coefficient (Wildman–Crippen LogP) is 1.49. The Hall–Kier alpha value is -1.40. The summed E-state index contributed by atoms with van der Waals surface area (Å²) in [5, 5.41) is 9.63. The molecular weight excluding hydrogens is 290 g/mol. The van der Waals surface area contributed by atoms with Crippen LogP contribution in [0, 0.1) is 6.92 Å². The van der Waals surface area contributed by atoms with Gasteiger partial charge in [0.15, 0.2) is 0 Å². The number of hydrogen-bond acceptors (Lipinski definition) is 4. The maximum Gasteiger partial charge on any atom is 0.315 e. The van der Waals surface area contributed by atoms with Crippen LogP contribution < -0.4 is 5.73 Å². The number of aryl methyl sites for hydroxylation is 1. The molecule has 0 radical (unpaired) electrons. The standard InChI is InChI=1S/C15H23NO4S/c1-3-21(19,20)9-5-8-15(11-16,14(17)18)13-7-4-6-12(2)10-13/h4,6-7,10H,3,5,8-9,11,16H2,1-2H3,(H,17,18). The Labute approximate surface area is 126 Å². The Balaban J connectivity index is 3.03. The second kappa shape index (κ2) is 7.04. The molecule has 1 aromatic carbocycles. The Morgan fingerprint density at radius 3 is 2.52 bits per heavy atom. The number of carboxylic acid groups (broad SMARTS) is 1. The summed E-state index contributed by atoms with van der Waals surface area (Å²) >= 11 is 0. The lowest BCUT2D eigenvalue weighted by molar-refractivity contribution is -0.143. The lowest BCUT2D eigenvalue weighted by Gasteiger charge is -2.29. The van der Waals surface area contributed by atoms with Crippen molar-refractivity contribution in [3.8, 4) is 0 Å². The number of benzene rings is 1. The summed E-state index contributed by atoms with van der Waals surface area (Å²) in [5.41, 5.74) is 6.10. The smallest absolute Gasteiger partial charge is 0.315 e. The average Bonchev–Trinajstić information content (AvgIpc) is 2.43. The summed E-state index contributed by atoms with van der Waals surface area (Å²) < 4.78 is 23.1. The molecule has 0 amide bonds. The molecule has 0 aromatic heterocycles. The van der Waals surface area contributed by atoms with E-state index in [0.717, 1.165) is 5.56 Å². The van der Waals surface area contributed by atoms with E-state index in [0.29, 0.717) is 5.56 Å². The third kappa shape index (κ3) is 4.28. The zero-order valence-corrected chi connectivity index (χ0v) is 13.3. The molecule has 5 nitrogen and oxygen atoms in total. The molecule has 0 aliphatic carbocycles. The highest BCUT2D eigenvalue weighted by Crippen LogP contribution is 2.30. The summed E-state index contributed by atoms with van der Waals surface area (Å²) in [6.45, 7) is 3.41. The van der Waals surface area contributed by atoms with Gasteiger partial charge in [-0.2, -0.15) is 0 Å². The molecule has 0 spiro atoms. The molecule has 1 aromatic rings. The zero-order chi connectivity index (χ0) is 16.1. The van der Waals surface area contributed by atoms with Gasteiger partial charge < -0.3 is 10.8 Å². The van der Waals surface area contributed by atoms with Gasteiger partial charge in [-0.05, 0) is 25.3 Å². The highest BCUT2D eigenvalue weighted by Gasteiger charge is 2.38. The number of rotatable bonds is 8. The Kier molecular flexibility index (Phi) is 5.92. The van der Waals surface area contributed by atoms with Crippen LogP contribution in [-0.2, 0) is 20.0 Å². The average molecular weight is 313 g/mol. The second-order valence-corrected chi connectivity index (χ2v) is 7.77. The number of carbonyl (C=O) groups is 1. The van der Waals surface area contributed by atoms with Crippen LogP contribution in [0.5, 0.6) is 0 Å². The summed E-state index contributed by atoms with van der Waals surface area (Å²) in [6.07, 6.45) is 0.495. The number of sulfone groups is 1. The molecule has 3 N–H and O–H groups in total. The fraction of sp³-hybridized carbons (Fsp3) is 0.533. The molecule has 0 aliphatic heterocycles. The lowest BCUT2D eigenvalue weighted by atomic mass is 9.76. The van der Waals surface area contributed by atoms with Crippen molar-refractivity contribution >= 4 is 15.8 Å². The van der Waals surface area contributed by atoms with Crippen molar-refractivity contribution in [2.24, 2.45) is 5.73 Å². The van der Waals surface area contributed by atoms with Gasteiger partial charge in [0.2, 0.25) is 0 Å². The first kappa shape index (κ1) is 17.7. The molecule has 0 saturated carbocycles. The Bertz CT molecular complexity index is 597. The largest absolute Gasteiger partial charge is 0.481 e. The SMILES string of the molecule is CCS(=O)(=O)CCCC(CN)(C(=O)O)c1cccc(C)c1. The van der Waals surface area contributed by atoms with Gasteiger partial charge in [0.25, 0.3) is 0 Å². The number of aliphatic carboxylic acids is 1. The van der Waals surface area contributed by atoms with Gasteiger partial charge in [-0.15, -0.1) is 0 Å². The van der Waals surface area contributed by atoms with Crippen molar-refractivity contribution in [2.75, 3.05) is 18.1 Å². The first-order chi connectivity index (χ1) is 9.77. The molecule has 118 valence electrons. The van der Waals surface area contributed by atoms with Crippen LogP contribution >= 0.6 is 0 Å². The van der Waals surface area contributed by atoms with Gasteiger partial charge >= 0.3 is 5.97 Å². The highest BCUT2D eigenvalue weighted by molar-refractivity contribution is 7.91. The molecule has 6 heteroatoms. The van der Waals surface area contributed by atoms with E-state index in [4.69, 9.17) is 5.73 Å². The zero-order valence-electron chi connectivity index (χ0n) is 12.5. The van der Waals surface area contributed by atoms with Gasteiger partial charge in [-0.3, -0.25) is 4.79 Å². The first-order valence-electron chi connectivity index (χ1n) is 6.98. The summed E-state index contributed by atoms with van der Waals surface area (Å²) in [4.78, 5) is 11.8. The van der Waals surface area contributed by atoms with Crippen LogP contribution in [-0.4, -0.2) is 37.5 Å². The molecule has 1 rings (SSSR count). The minimum atomic E-state index is -3.10. The van der Waals surface area contributed by atoms with Gasteiger partial charge in [-0.1, -0.05) is 36.8 Å². The van der Waals surface area contributed by atoms with E-state index in [2.05, 4.69) is 0 Å². The Morgan fingerprint density at radius 2 is 2.05 bits per heavy atom. The van der Waals surface area contributed by atoms with Crippen LogP contribution in [0.25, 0.3) is 0 Å². The summed E-state index contributed by atoms with van der Waals surface area (Å²) in [5.74, 6) is -0.950. The monoisotopic (exact) mass is 313 g/mol. The van der Waals surface area contributed by atoms with Crippen molar-refractivity contribution in [2.45, 2.75) is 32.1 Å². The van der Waals surface area contributed by atoms with Gasteiger partial charge in [0, 0.05) is 12.3 Å². The van der Waals surface area contributed by atoms with Gasteiger partial charge in [-0.25, -0.2) is 8.42 Å². The van der Waals surface area contributed by atoms with Crippen molar-refractivity contribution in [1.29, 1.82) is 0 Å².